The maximum Gasteiger partial charge on any atom is 0.225 e. The summed E-state index contributed by atoms with van der Waals surface area (Å²) in [7, 11) is 0. The first-order valence-corrected chi connectivity index (χ1v) is 7.92. The van der Waals surface area contributed by atoms with E-state index in [4.69, 9.17) is 5.26 Å². The van der Waals surface area contributed by atoms with Gasteiger partial charge in [-0.15, -0.1) is 0 Å². The third kappa shape index (κ3) is 2.92. The van der Waals surface area contributed by atoms with Gasteiger partial charge in [-0.25, -0.2) is 4.39 Å². The average molecular weight is 301 g/mol. The number of amides is 1. The van der Waals surface area contributed by atoms with Gasteiger partial charge in [-0.2, -0.15) is 5.26 Å². The topological polar surface area (TPSA) is 47.3 Å². The molecule has 0 radical (unpaired) electrons. The van der Waals surface area contributed by atoms with Crippen LogP contribution in [0.1, 0.15) is 31.2 Å². The van der Waals surface area contributed by atoms with Crippen LogP contribution in [-0.4, -0.2) is 37.0 Å². The average Bonchev–Trinajstić information content (AvgIpc) is 3.08. The van der Waals surface area contributed by atoms with Gasteiger partial charge in [-0.05, 0) is 31.0 Å². The van der Waals surface area contributed by atoms with Crippen molar-refractivity contribution >= 4 is 11.6 Å². The van der Waals surface area contributed by atoms with Gasteiger partial charge in [-0.1, -0.05) is 12.8 Å². The van der Waals surface area contributed by atoms with Crippen LogP contribution in [0, 0.1) is 23.1 Å². The maximum atomic E-state index is 14.0. The molecule has 4 nitrogen and oxygen atoms in total. The van der Waals surface area contributed by atoms with Crippen molar-refractivity contribution < 1.29 is 9.18 Å². The van der Waals surface area contributed by atoms with Crippen molar-refractivity contribution in [1.82, 2.24) is 4.90 Å². The Balaban J connectivity index is 1.62. The monoisotopic (exact) mass is 301 g/mol. The lowest BCUT2D eigenvalue weighted by Gasteiger charge is -2.37. The molecule has 116 valence electrons. The molecule has 0 bridgehead atoms. The number of rotatable bonds is 2. The molecule has 0 aromatic heterocycles. The second-order valence-corrected chi connectivity index (χ2v) is 6.07. The lowest BCUT2D eigenvalue weighted by Crippen LogP contribution is -2.50. The van der Waals surface area contributed by atoms with E-state index in [0.717, 1.165) is 25.7 Å². The summed E-state index contributed by atoms with van der Waals surface area (Å²) in [5.41, 5.74) is 0.850. The SMILES string of the molecule is N#Cc1ccc(N2CCN(C(=O)C3CCCC3)CC2)c(F)c1. The summed E-state index contributed by atoms with van der Waals surface area (Å²) < 4.78 is 14.0. The van der Waals surface area contributed by atoms with Crippen molar-refractivity contribution in [3.8, 4) is 6.07 Å². The molecule has 1 heterocycles. The molecular formula is C17H20FN3O. The molecule has 22 heavy (non-hydrogen) atoms. The van der Waals surface area contributed by atoms with Gasteiger partial charge < -0.3 is 9.80 Å². The van der Waals surface area contributed by atoms with Crippen LogP contribution in [0.15, 0.2) is 18.2 Å². The van der Waals surface area contributed by atoms with Crippen molar-refractivity contribution in [2.24, 2.45) is 5.92 Å². The van der Waals surface area contributed by atoms with Gasteiger partial charge in [0.15, 0.2) is 0 Å². The van der Waals surface area contributed by atoms with E-state index in [2.05, 4.69) is 0 Å². The number of anilines is 1. The normalized spacial score (nSPS) is 19.3. The van der Waals surface area contributed by atoms with Gasteiger partial charge >= 0.3 is 0 Å². The van der Waals surface area contributed by atoms with Crippen LogP contribution in [0.5, 0.6) is 0 Å². The largest absolute Gasteiger partial charge is 0.366 e. The van der Waals surface area contributed by atoms with Crippen molar-refractivity contribution in [2.45, 2.75) is 25.7 Å². The molecule has 0 unspecified atom stereocenters. The van der Waals surface area contributed by atoms with Gasteiger partial charge in [0.25, 0.3) is 0 Å². The minimum Gasteiger partial charge on any atom is -0.366 e. The van der Waals surface area contributed by atoms with Crippen LogP contribution in [0.3, 0.4) is 0 Å². The lowest BCUT2D eigenvalue weighted by atomic mass is 10.1. The highest BCUT2D eigenvalue weighted by Crippen LogP contribution is 2.28. The van der Waals surface area contributed by atoms with E-state index < -0.39 is 0 Å². The Hall–Kier alpha value is -2.09. The molecule has 2 fully saturated rings. The summed E-state index contributed by atoms with van der Waals surface area (Å²) in [6.45, 7) is 2.58. The fraction of sp³-hybridized carbons (Fsp3) is 0.529. The smallest absolute Gasteiger partial charge is 0.225 e. The van der Waals surface area contributed by atoms with E-state index in [1.165, 1.54) is 6.07 Å². The molecular weight excluding hydrogens is 281 g/mol. The van der Waals surface area contributed by atoms with Crippen LogP contribution in [0.25, 0.3) is 0 Å². The zero-order chi connectivity index (χ0) is 15.5. The highest BCUT2D eigenvalue weighted by atomic mass is 19.1. The number of piperazine rings is 1. The van der Waals surface area contributed by atoms with E-state index in [1.54, 1.807) is 12.1 Å². The lowest BCUT2D eigenvalue weighted by molar-refractivity contribution is -0.135. The Morgan fingerprint density at radius 2 is 1.86 bits per heavy atom. The minimum atomic E-state index is -0.366. The van der Waals surface area contributed by atoms with Crippen molar-refractivity contribution in [1.29, 1.82) is 5.26 Å². The molecule has 1 aliphatic heterocycles. The van der Waals surface area contributed by atoms with Crippen molar-refractivity contribution in [2.75, 3.05) is 31.1 Å². The Morgan fingerprint density at radius 1 is 1.18 bits per heavy atom. The zero-order valence-electron chi connectivity index (χ0n) is 12.6. The van der Waals surface area contributed by atoms with Gasteiger partial charge in [0.1, 0.15) is 5.82 Å². The molecule has 5 heteroatoms. The Kier molecular flexibility index (Phi) is 4.28. The summed E-state index contributed by atoms with van der Waals surface area (Å²) in [4.78, 5) is 16.3. The van der Waals surface area contributed by atoms with Gasteiger partial charge in [-0.3, -0.25) is 4.79 Å². The van der Waals surface area contributed by atoms with E-state index >= 15 is 0 Å². The molecule has 3 rings (SSSR count). The van der Waals surface area contributed by atoms with Crippen LogP contribution in [-0.2, 0) is 4.79 Å². The third-order valence-electron chi connectivity index (χ3n) is 4.71. The number of hydrogen-bond acceptors (Lipinski definition) is 3. The summed E-state index contributed by atoms with van der Waals surface area (Å²) in [6, 6.07) is 6.50. The van der Waals surface area contributed by atoms with Crippen molar-refractivity contribution in [3.05, 3.63) is 29.6 Å². The fourth-order valence-electron chi connectivity index (χ4n) is 3.43. The molecule has 1 aromatic carbocycles. The minimum absolute atomic E-state index is 0.207. The number of hydrogen-bond donors (Lipinski definition) is 0. The van der Waals surface area contributed by atoms with E-state index in [0.29, 0.717) is 37.4 Å². The summed E-state index contributed by atoms with van der Waals surface area (Å²) in [5, 5.41) is 8.79. The van der Waals surface area contributed by atoms with Gasteiger partial charge in [0.05, 0.1) is 17.3 Å². The molecule has 2 aliphatic rings. The number of carbonyl (C=O) groups is 1. The van der Waals surface area contributed by atoms with Crippen LogP contribution in [0.2, 0.25) is 0 Å². The number of nitriles is 1. The predicted molar refractivity (Wildman–Crippen MR) is 81.9 cm³/mol. The quantitative estimate of drug-likeness (QED) is 0.843. The Labute approximate surface area is 130 Å². The first kappa shape index (κ1) is 14.8. The standard InChI is InChI=1S/C17H20FN3O/c18-15-11-13(12-19)5-6-16(15)20-7-9-21(10-8-20)17(22)14-3-1-2-4-14/h5-6,11,14H,1-4,7-10H2. The molecule has 0 spiro atoms. The van der Waals surface area contributed by atoms with Gasteiger partial charge in [0.2, 0.25) is 5.91 Å². The highest BCUT2D eigenvalue weighted by Gasteiger charge is 2.29. The second-order valence-electron chi connectivity index (χ2n) is 6.07. The summed E-state index contributed by atoms with van der Waals surface area (Å²) in [6.07, 6.45) is 4.35. The molecule has 1 aliphatic carbocycles. The zero-order valence-corrected chi connectivity index (χ0v) is 12.6. The third-order valence-corrected chi connectivity index (χ3v) is 4.71. The van der Waals surface area contributed by atoms with E-state index in [9.17, 15) is 9.18 Å². The van der Waals surface area contributed by atoms with Crippen molar-refractivity contribution in [3.63, 3.8) is 0 Å². The number of carbonyl (C=O) groups excluding carboxylic acids is 1. The molecule has 1 saturated carbocycles. The molecule has 1 saturated heterocycles. The maximum absolute atomic E-state index is 14.0. The molecule has 0 atom stereocenters. The fourth-order valence-corrected chi connectivity index (χ4v) is 3.43. The van der Waals surface area contributed by atoms with E-state index in [1.807, 2.05) is 15.9 Å². The van der Waals surface area contributed by atoms with Gasteiger partial charge in [0, 0.05) is 32.1 Å². The number of nitrogens with zero attached hydrogens (tertiary/aromatic N) is 3. The molecule has 1 amide bonds. The Morgan fingerprint density at radius 3 is 2.45 bits per heavy atom. The highest BCUT2D eigenvalue weighted by molar-refractivity contribution is 5.79. The Bertz CT molecular complexity index is 596. The van der Waals surface area contributed by atoms with Crippen LogP contribution < -0.4 is 4.90 Å². The number of halogens is 1. The molecule has 1 aromatic rings. The first-order valence-electron chi connectivity index (χ1n) is 7.92. The second kappa shape index (κ2) is 6.35. The molecule has 0 N–H and O–H groups in total. The van der Waals surface area contributed by atoms with Crippen LogP contribution >= 0.6 is 0 Å². The first-order chi connectivity index (χ1) is 10.7. The van der Waals surface area contributed by atoms with Crippen LogP contribution in [0.4, 0.5) is 10.1 Å². The predicted octanol–water partition coefficient (Wildman–Crippen LogP) is 2.54. The summed E-state index contributed by atoms with van der Waals surface area (Å²) in [5.74, 6) is 0.116. The summed E-state index contributed by atoms with van der Waals surface area (Å²) >= 11 is 0. The van der Waals surface area contributed by atoms with E-state index in [-0.39, 0.29) is 17.6 Å². The number of benzene rings is 1.